The molecule has 2 aromatic heterocycles. The molecule has 0 saturated heterocycles. The molecule has 3 rings (SSSR count). The fourth-order valence-corrected chi connectivity index (χ4v) is 3.70. The molecule has 3 aromatic rings. The molecule has 0 aliphatic heterocycles. The number of aliphatic hydroxyl groups excluding tert-OH is 1. The number of hydrogen-bond donors (Lipinski definition) is 1. The molecule has 2 heterocycles. The maximum atomic E-state index is 13.3. The summed E-state index contributed by atoms with van der Waals surface area (Å²) in [6, 6.07) is 7.02. The minimum Gasteiger partial charge on any atom is -0.494 e. The molecule has 0 radical (unpaired) electrons. The van der Waals surface area contributed by atoms with Crippen molar-refractivity contribution in [2.24, 2.45) is 0 Å². The van der Waals surface area contributed by atoms with Crippen molar-refractivity contribution in [3.63, 3.8) is 0 Å². The Labute approximate surface area is 192 Å². The van der Waals surface area contributed by atoms with E-state index in [2.05, 4.69) is 4.98 Å². The second-order valence-corrected chi connectivity index (χ2v) is 7.69. The maximum Gasteiger partial charge on any atom is 0.332 e. The van der Waals surface area contributed by atoms with Crippen LogP contribution in [0.2, 0.25) is 0 Å². The Morgan fingerprint density at radius 1 is 1.00 bits per heavy atom. The normalized spacial score (nSPS) is 12.3. The lowest BCUT2D eigenvalue weighted by Gasteiger charge is -2.16. The van der Waals surface area contributed by atoms with Gasteiger partial charge in [0.25, 0.3) is 5.56 Å². The minimum absolute atomic E-state index is 0.0758. The van der Waals surface area contributed by atoms with Crippen LogP contribution in [0.1, 0.15) is 26.1 Å². The minimum atomic E-state index is -1.06. The van der Waals surface area contributed by atoms with Crippen molar-refractivity contribution in [3.05, 3.63) is 50.9 Å². The SMILES string of the molecule is CCCn1c(=O)n(CC(O)COc2ccc(OCC)cc2)c(=O)c2c1nc(C)n2CCOC. The van der Waals surface area contributed by atoms with Crippen molar-refractivity contribution in [2.75, 3.05) is 26.9 Å². The molecule has 1 unspecified atom stereocenters. The Bertz CT molecular complexity index is 1180. The summed E-state index contributed by atoms with van der Waals surface area (Å²) in [4.78, 5) is 30.9. The van der Waals surface area contributed by atoms with E-state index in [4.69, 9.17) is 14.2 Å². The van der Waals surface area contributed by atoms with E-state index in [1.165, 1.54) is 4.57 Å². The van der Waals surface area contributed by atoms with Crippen LogP contribution < -0.4 is 20.7 Å². The van der Waals surface area contributed by atoms with Crippen LogP contribution in [0.4, 0.5) is 0 Å². The zero-order valence-corrected chi connectivity index (χ0v) is 19.6. The van der Waals surface area contributed by atoms with E-state index in [1.807, 2.05) is 13.8 Å². The summed E-state index contributed by atoms with van der Waals surface area (Å²) < 4.78 is 20.5. The molecular formula is C23H32N4O6. The highest BCUT2D eigenvalue weighted by atomic mass is 16.5. The van der Waals surface area contributed by atoms with E-state index in [1.54, 1.807) is 42.9 Å². The third kappa shape index (κ3) is 5.45. The standard InChI is InChI=1S/C23H32N4O6/c1-5-11-26-21-20(25(12-13-31-4)16(3)24-21)22(29)27(23(26)30)14-17(28)15-33-19-9-7-18(8-10-19)32-6-2/h7-10,17,28H,5-6,11-15H2,1-4H3. The zero-order chi connectivity index (χ0) is 24.0. The third-order valence-electron chi connectivity index (χ3n) is 5.24. The first-order valence-electron chi connectivity index (χ1n) is 11.1. The quantitative estimate of drug-likeness (QED) is 0.437. The fraction of sp³-hybridized carbons (Fsp3) is 0.522. The Morgan fingerprint density at radius 2 is 1.67 bits per heavy atom. The van der Waals surface area contributed by atoms with Crippen LogP contribution in [0.5, 0.6) is 11.5 Å². The summed E-state index contributed by atoms with van der Waals surface area (Å²) in [5.74, 6) is 1.90. The Balaban J connectivity index is 1.88. The van der Waals surface area contributed by atoms with Gasteiger partial charge in [0.2, 0.25) is 0 Å². The second-order valence-electron chi connectivity index (χ2n) is 7.69. The van der Waals surface area contributed by atoms with Crippen LogP contribution in [0.25, 0.3) is 11.2 Å². The van der Waals surface area contributed by atoms with E-state index in [9.17, 15) is 14.7 Å². The highest BCUT2D eigenvalue weighted by Crippen LogP contribution is 2.18. The van der Waals surface area contributed by atoms with E-state index >= 15 is 0 Å². The molecule has 0 bridgehead atoms. The summed E-state index contributed by atoms with van der Waals surface area (Å²) in [5.41, 5.74) is -0.293. The van der Waals surface area contributed by atoms with E-state index < -0.39 is 17.4 Å². The van der Waals surface area contributed by atoms with Gasteiger partial charge >= 0.3 is 5.69 Å². The number of aromatic nitrogens is 4. The van der Waals surface area contributed by atoms with Crippen molar-refractivity contribution in [3.8, 4) is 11.5 Å². The van der Waals surface area contributed by atoms with Gasteiger partial charge in [-0.2, -0.15) is 0 Å². The van der Waals surface area contributed by atoms with Gasteiger partial charge in [-0.25, -0.2) is 9.78 Å². The predicted molar refractivity (Wildman–Crippen MR) is 124 cm³/mol. The number of methoxy groups -OCH3 is 1. The summed E-state index contributed by atoms with van der Waals surface area (Å²) >= 11 is 0. The molecule has 0 spiro atoms. The van der Waals surface area contributed by atoms with Gasteiger partial charge in [0.1, 0.15) is 30.0 Å². The maximum absolute atomic E-state index is 13.3. The van der Waals surface area contributed by atoms with Crippen LogP contribution >= 0.6 is 0 Å². The first-order valence-corrected chi connectivity index (χ1v) is 11.1. The van der Waals surface area contributed by atoms with Gasteiger partial charge < -0.3 is 23.9 Å². The first kappa shape index (κ1) is 24.5. The van der Waals surface area contributed by atoms with Crippen molar-refractivity contribution in [2.45, 2.75) is 52.9 Å². The highest BCUT2D eigenvalue weighted by Gasteiger charge is 2.21. The van der Waals surface area contributed by atoms with Crippen molar-refractivity contribution < 1.29 is 19.3 Å². The smallest absolute Gasteiger partial charge is 0.332 e. The van der Waals surface area contributed by atoms with Crippen LogP contribution in [-0.2, 0) is 24.4 Å². The first-order chi connectivity index (χ1) is 15.9. The molecule has 0 saturated carbocycles. The van der Waals surface area contributed by atoms with Gasteiger partial charge in [0.05, 0.1) is 19.8 Å². The van der Waals surface area contributed by atoms with Crippen molar-refractivity contribution in [1.29, 1.82) is 0 Å². The molecule has 1 aromatic carbocycles. The largest absolute Gasteiger partial charge is 0.494 e. The molecule has 10 heteroatoms. The number of ether oxygens (including phenoxy) is 3. The van der Waals surface area contributed by atoms with Crippen LogP contribution in [0.15, 0.2) is 33.9 Å². The van der Waals surface area contributed by atoms with Gasteiger partial charge in [-0.3, -0.25) is 13.9 Å². The summed E-state index contributed by atoms with van der Waals surface area (Å²) in [5, 5.41) is 10.6. The molecule has 180 valence electrons. The van der Waals surface area contributed by atoms with Crippen molar-refractivity contribution in [1.82, 2.24) is 18.7 Å². The molecule has 33 heavy (non-hydrogen) atoms. The lowest BCUT2D eigenvalue weighted by Crippen LogP contribution is -2.44. The fourth-order valence-electron chi connectivity index (χ4n) is 3.70. The predicted octanol–water partition coefficient (Wildman–Crippen LogP) is 1.56. The number of benzene rings is 1. The monoisotopic (exact) mass is 460 g/mol. The lowest BCUT2D eigenvalue weighted by molar-refractivity contribution is 0.0901. The van der Waals surface area contributed by atoms with E-state index in [0.29, 0.717) is 55.5 Å². The van der Waals surface area contributed by atoms with Gasteiger partial charge in [0, 0.05) is 20.2 Å². The second kappa shape index (κ2) is 11.2. The number of nitrogens with zero attached hydrogens (tertiary/aromatic N) is 4. The highest BCUT2D eigenvalue weighted by molar-refractivity contribution is 5.71. The number of hydrogen-bond acceptors (Lipinski definition) is 7. The Kier molecular flexibility index (Phi) is 8.29. The van der Waals surface area contributed by atoms with Gasteiger partial charge in [0.15, 0.2) is 11.2 Å². The van der Waals surface area contributed by atoms with Crippen LogP contribution in [0.3, 0.4) is 0 Å². The average Bonchev–Trinajstić information content (AvgIpc) is 3.13. The molecule has 0 amide bonds. The number of rotatable bonds is 12. The summed E-state index contributed by atoms with van der Waals surface area (Å²) in [7, 11) is 1.58. The zero-order valence-electron chi connectivity index (χ0n) is 19.6. The molecule has 0 fully saturated rings. The Morgan fingerprint density at radius 3 is 2.27 bits per heavy atom. The molecule has 0 aliphatic carbocycles. The van der Waals surface area contributed by atoms with Gasteiger partial charge in [-0.05, 0) is 44.5 Å². The molecular weight excluding hydrogens is 428 g/mol. The number of imidazole rings is 1. The van der Waals surface area contributed by atoms with Gasteiger partial charge in [-0.15, -0.1) is 0 Å². The van der Waals surface area contributed by atoms with E-state index in [0.717, 1.165) is 10.3 Å². The topological polar surface area (TPSA) is 110 Å². The Hall–Kier alpha value is -3.11. The van der Waals surface area contributed by atoms with E-state index in [-0.39, 0.29) is 13.2 Å². The lowest BCUT2D eigenvalue weighted by atomic mass is 10.3. The number of aliphatic hydroxyl groups is 1. The summed E-state index contributed by atoms with van der Waals surface area (Å²) in [6.07, 6.45) is -0.369. The third-order valence-corrected chi connectivity index (χ3v) is 5.24. The van der Waals surface area contributed by atoms with Gasteiger partial charge in [-0.1, -0.05) is 6.92 Å². The molecule has 0 aliphatic rings. The van der Waals surface area contributed by atoms with Crippen LogP contribution in [0, 0.1) is 6.92 Å². The molecule has 10 nitrogen and oxygen atoms in total. The van der Waals surface area contributed by atoms with Crippen LogP contribution in [-0.4, -0.2) is 56.8 Å². The molecule has 1 atom stereocenters. The summed E-state index contributed by atoms with van der Waals surface area (Å²) in [6.45, 7) is 7.18. The number of aryl methyl sites for hydroxylation is 2. The van der Waals surface area contributed by atoms with Crippen molar-refractivity contribution >= 4 is 11.2 Å². The average molecular weight is 461 g/mol. The number of fused-ring (bicyclic) bond motifs is 1. The molecule has 1 N–H and O–H groups in total.